The smallest absolute Gasteiger partial charge is 0.404 e. The number of hydrogen-bond donors (Lipinski definition) is 2. The van der Waals surface area contributed by atoms with E-state index in [1.807, 2.05) is 0 Å². The van der Waals surface area contributed by atoms with Gasteiger partial charge in [-0.2, -0.15) is 0 Å². The van der Waals surface area contributed by atoms with Crippen LogP contribution in [0.25, 0.3) is 0 Å². The van der Waals surface area contributed by atoms with Gasteiger partial charge in [-0.15, -0.1) is 13.2 Å². The molecule has 0 bridgehead atoms. The van der Waals surface area contributed by atoms with Crippen molar-refractivity contribution in [1.82, 2.24) is 4.98 Å². The van der Waals surface area contributed by atoms with Gasteiger partial charge in [-0.25, -0.2) is 4.98 Å². The number of carbonyl (C=O) groups is 1. The number of nitrogen functional groups attached to an aromatic ring is 1. The standard InChI is InChI=1S/C17H11ClF3N3O2S/c18-11-7-6-10(8-12(11)26-17(19,20)21)23-16-24-15(22)14(27-16)13(25)9-4-2-1-3-5-9/h1-8H,22H2,(H,23,24). The van der Waals surface area contributed by atoms with Gasteiger partial charge in [-0.05, 0) is 12.1 Å². The van der Waals surface area contributed by atoms with Gasteiger partial charge >= 0.3 is 6.36 Å². The highest BCUT2D eigenvalue weighted by Gasteiger charge is 2.32. The van der Waals surface area contributed by atoms with Crippen molar-refractivity contribution in [2.75, 3.05) is 11.1 Å². The van der Waals surface area contributed by atoms with Crippen molar-refractivity contribution in [1.29, 1.82) is 0 Å². The van der Waals surface area contributed by atoms with Crippen LogP contribution in [-0.4, -0.2) is 17.1 Å². The van der Waals surface area contributed by atoms with Crippen LogP contribution in [-0.2, 0) is 0 Å². The van der Waals surface area contributed by atoms with Gasteiger partial charge < -0.3 is 15.8 Å². The second kappa shape index (κ2) is 7.45. The van der Waals surface area contributed by atoms with Crippen LogP contribution in [0.1, 0.15) is 15.2 Å². The number of ether oxygens (including phenoxy) is 1. The molecule has 0 saturated heterocycles. The Labute approximate surface area is 160 Å². The summed E-state index contributed by atoms with van der Waals surface area (Å²) in [6, 6.07) is 12.3. The lowest BCUT2D eigenvalue weighted by atomic mass is 10.1. The molecule has 0 radical (unpaired) electrons. The molecule has 0 aliphatic carbocycles. The zero-order chi connectivity index (χ0) is 19.6. The summed E-state index contributed by atoms with van der Waals surface area (Å²) in [7, 11) is 0. The van der Waals surface area contributed by atoms with E-state index in [9.17, 15) is 18.0 Å². The molecule has 0 fully saturated rings. The van der Waals surface area contributed by atoms with Crippen LogP contribution in [0.4, 0.5) is 29.8 Å². The maximum absolute atomic E-state index is 12.5. The Morgan fingerprint density at radius 2 is 1.89 bits per heavy atom. The minimum Gasteiger partial charge on any atom is -0.404 e. The van der Waals surface area contributed by atoms with Gasteiger partial charge in [-0.3, -0.25) is 4.79 Å². The molecule has 140 valence electrons. The number of nitrogens with two attached hydrogens (primary N) is 1. The highest BCUT2D eigenvalue weighted by molar-refractivity contribution is 7.18. The monoisotopic (exact) mass is 413 g/mol. The maximum Gasteiger partial charge on any atom is 0.573 e. The van der Waals surface area contributed by atoms with Gasteiger partial charge in [0.25, 0.3) is 0 Å². The Balaban J connectivity index is 1.83. The van der Waals surface area contributed by atoms with Crippen molar-refractivity contribution in [2.45, 2.75) is 6.36 Å². The largest absolute Gasteiger partial charge is 0.573 e. The fourth-order valence-corrected chi connectivity index (χ4v) is 3.20. The number of ketones is 1. The first-order valence-electron chi connectivity index (χ1n) is 7.41. The van der Waals surface area contributed by atoms with Crippen LogP contribution in [0.2, 0.25) is 5.02 Å². The van der Waals surface area contributed by atoms with E-state index >= 15 is 0 Å². The summed E-state index contributed by atoms with van der Waals surface area (Å²) < 4.78 is 41.1. The Bertz CT molecular complexity index is 977. The fourth-order valence-electron chi connectivity index (χ4n) is 2.18. The third-order valence-corrected chi connectivity index (χ3v) is 4.60. The number of halogens is 4. The summed E-state index contributed by atoms with van der Waals surface area (Å²) in [5.74, 6) is -0.827. The summed E-state index contributed by atoms with van der Waals surface area (Å²) >= 11 is 6.70. The molecule has 0 unspecified atom stereocenters. The second-order valence-electron chi connectivity index (χ2n) is 5.25. The molecule has 5 nitrogen and oxygen atoms in total. The van der Waals surface area contributed by atoms with Crippen molar-refractivity contribution in [3.63, 3.8) is 0 Å². The van der Waals surface area contributed by atoms with Crippen molar-refractivity contribution >= 4 is 45.4 Å². The summed E-state index contributed by atoms with van der Waals surface area (Å²) in [6.07, 6.45) is -4.87. The summed E-state index contributed by atoms with van der Waals surface area (Å²) in [4.78, 5) is 16.8. The first-order chi connectivity index (χ1) is 12.7. The Hall–Kier alpha value is -2.78. The zero-order valence-corrected chi connectivity index (χ0v) is 15.0. The molecule has 0 atom stereocenters. The van der Waals surface area contributed by atoms with E-state index in [-0.39, 0.29) is 32.3 Å². The molecule has 3 rings (SSSR count). The van der Waals surface area contributed by atoms with Gasteiger partial charge in [0.2, 0.25) is 5.78 Å². The van der Waals surface area contributed by atoms with Gasteiger partial charge in [0, 0.05) is 17.3 Å². The van der Waals surface area contributed by atoms with Crippen molar-refractivity contribution < 1.29 is 22.7 Å². The predicted octanol–water partition coefficient (Wildman–Crippen LogP) is 5.25. The number of thiazole rings is 1. The van der Waals surface area contributed by atoms with Crippen LogP contribution in [0.15, 0.2) is 48.5 Å². The number of rotatable bonds is 5. The predicted molar refractivity (Wildman–Crippen MR) is 97.8 cm³/mol. The van der Waals surface area contributed by atoms with Crippen LogP contribution in [0.5, 0.6) is 5.75 Å². The number of hydrogen-bond acceptors (Lipinski definition) is 6. The van der Waals surface area contributed by atoms with Gasteiger partial charge in [0.15, 0.2) is 5.13 Å². The zero-order valence-electron chi connectivity index (χ0n) is 13.4. The molecule has 0 amide bonds. The van der Waals surface area contributed by atoms with E-state index in [0.717, 1.165) is 17.4 Å². The SMILES string of the molecule is Nc1nc(Nc2ccc(Cl)c(OC(F)(F)F)c2)sc1C(=O)c1ccccc1. The molecule has 0 aliphatic heterocycles. The van der Waals surface area contributed by atoms with E-state index < -0.39 is 12.1 Å². The molecule has 3 aromatic rings. The third kappa shape index (κ3) is 4.69. The van der Waals surface area contributed by atoms with E-state index in [4.69, 9.17) is 17.3 Å². The summed E-state index contributed by atoms with van der Waals surface area (Å²) in [5.41, 5.74) is 6.51. The lowest BCUT2D eigenvalue weighted by Crippen LogP contribution is -2.17. The number of benzene rings is 2. The molecular formula is C17H11ClF3N3O2S. The molecule has 3 N–H and O–H groups in total. The van der Waals surface area contributed by atoms with E-state index in [2.05, 4.69) is 15.0 Å². The molecule has 0 spiro atoms. The third-order valence-electron chi connectivity index (χ3n) is 3.30. The van der Waals surface area contributed by atoms with E-state index in [0.29, 0.717) is 5.56 Å². The average Bonchev–Trinajstić information content (AvgIpc) is 2.97. The average molecular weight is 414 g/mol. The molecule has 0 saturated carbocycles. The van der Waals surface area contributed by atoms with E-state index in [1.165, 1.54) is 12.1 Å². The second-order valence-corrected chi connectivity index (χ2v) is 6.65. The van der Waals surface area contributed by atoms with Crippen molar-refractivity contribution in [2.24, 2.45) is 0 Å². The van der Waals surface area contributed by atoms with Gasteiger partial charge in [0.1, 0.15) is 16.4 Å². The first-order valence-corrected chi connectivity index (χ1v) is 8.61. The Kier molecular flexibility index (Phi) is 5.24. The first kappa shape index (κ1) is 19.0. The molecule has 2 aromatic carbocycles. The lowest BCUT2D eigenvalue weighted by Gasteiger charge is -2.12. The van der Waals surface area contributed by atoms with Crippen LogP contribution in [0, 0.1) is 0 Å². The molecule has 0 aliphatic rings. The normalized spacial score (nSPS) is 11.3. The number of nitrogens with one attached hydrogen (secondary N) is 1. The Morgan fingerprint density at radius 3 is 2.56 bits per heavy atom. The highest BCUT2D eigenvalue weighted by atomic mass is 35.5. The molecule has 10 heteroatoms. The number of carbonyl (C=O) groups excluding carboxylic acids is 1. The topological polar surface area (TPSA) is 77.2 Å². The lowest BCUT2D eigenvalue weighted by molar-refractivity contribution is -0.274. The summed E-state index contributed by atoms with van der Waals surface area (Å²) in [5, 5.41) is 2.84. The van der Waals surface area contributed by atoms with Crippen molar-refractivity contribution in [3.05, 3.63) is 64.0 Å². The number of alkyl halides is 3. The molecule has 1 aromatic heterocycles. The quantitative estimate of drug-likeness (QED) is 0.558. The van der Waals surface area contributed by atoms with Crippen LogP contribution >= 0.6 is 22.9 Å². The van der Waals surface area contributed by atoms with Gasteiger partial charge in [0.05, 0.1) is 5.02 Å². The number of anilines is 3. The highest BCUT2D eigenvalue weighted by Crippen LogP contribution is 2.35. The summed E-state index contributed by atoms with van der Waals surface area (Å²) in [6.45, 7) is 0. The maximum atomic E-state index is 12.5. The molecular weight excluding hydrogens is 403 g/mol. The Morgan fingerprint density at radius 1 is 1.19 bits per heavy atom. The molecule has 1 heterocycles. The number of nitrogens with zero attached hydrogens (tertiary/aromatic N) is 1. The van der Waals surface area contributed by atoms with Crippen LogP contribution in [0.3, 0.4) is 0 Å². The minimum atomic E-state index is -4.87. The minimum absolute atomic E-state index is 0.0251. The van der Waals surface area contributed by atoms with Crippen LogP contribution < -0.4 is 15.8 Å². The molecule has 27 heavy (non-hydrogen) atoms. The van der Waals surface area contributed by atoms with Crippen molar-refractivity contribution in [3.8, 4) is 5.75 Å². The number of aromatic nitrogens is 1. The fraction of sp³-hybridized carbons (Fsp3) is 0.0588. The van der Waals surface area contributed by atoms with Gasteiger partial charge in [-0.1, -0.05) is 53.3 Å². The van der Waals surface area contributed by atoms with E-state index in [1.54, 1.807) is 30.3 Å².